The van der Waals surface area contributed by atoms with Crippen LogP contribution in [0.25, 0.3) is 0 Å². The van der Waals surface area contributed by atoms with Crippen molar-refractivity contribution in [1.82, 2.24) is 0 Å². The Hall–Kier alpha value is -1.01. The van der Waals surface area contributed by atoms with Crippen LogP contribution in [0, 0.1) is 11.8 Å². The minimum Gasteiger partial charge on any atom is -0.479 e. The van der Waals surface area contributed by atoms with Crippen molar-refractivity contribution in [3.8, 4) is 11.8 Å². The quantitative estimate of drug-likeness (QED) is 0.392. The van der Waals surface area contributed by atoms with Gasteiger partial charge in [0.2, 0.25) is 0 Å². The molecule has 3 nitrogen and oxygen atoms in total. The number of unbranched alkanes of at least 4 members (excludes halogenated alkanes) is 9. The van der Waals surface area contributed by atoms with Crippen LogP contribution in [-0.2, 0) is 9.53 Å². The zero-order valence-corrected chi connectivity index (χ0v) is 14.0. The van der Waals surface area contributed by atoms with E-state index >= 15 is 0 Å². The Morgan fingerprint density at radius 2 is 1.43 bits per heavy atom. The summed E-state index contributed by atoms with van der Waals surface area (Å²) in [5, 5.41) is 8.90. The summed E-state index contributed by atoms with van der Waals surface area (Å²) in [5.41, 5.74) is -1.05. The highest BCUT2D eigenvalue weighted by molar-refractivity contribution is 5.76. The second-order valence-electron chi connectivity index (χ2n) is 6.02. The predicted molar refractivity (Wildman–Crippen MR) is 87.3 cm³/mol. The van der Waals surface area contributed by atoms with Crippen LogP contribution in [0.3, 0.4) is 0 Å². The smallest absolute Gasteiger partial charge is 0.335 e. The molecule has 0 saturated heterocycles. The van der Waals surface area contributed by atoms with E-state index in [0.29, 0.717) is 6.61 Å². The van der Waals surface area contributed by atoms with Crippen LogP contribution in [0.1, 0.15) is 85.0 Å². The summed E-state index contributed by atoms with van der Waals surface area (Å²) < 4.78 is 5.37. The molecule has 0 aromatic carbocycles. The van der Waals surface area contributed by atoms with E-state index in [-0.39, 0.29) is 0 Å². The minimum absolute atomic E-state index is 0.539. The summed E-state index contributed by atoms with van der Waals surface area (Å²) in [4.78, 5) is 10.8. The summed E-state index contributed by atoms with van der Waals surface area (Å²) >= 11 is 0. The molecule has 0 heterocycles. The van der Waals surface area contributed by atoms with Crippen LogP contribution in [0.5, 0.6) is 0 Å². The van der Waals surface area contributed by atoms with Gasteiger partial charge in [0.05, 0.1) is 0 Å². The standard InChI is InChI=1S/C18H32O3/c1-4-5-6-7-8-9-10-11-12-13-14-15-16-21-18(2,3)17(19)20/h6-16H2,1-3H3,(H,19,20). The Morgan fingerprint density at radius 3 is 1.90 bits per heavy atom. The lowest BCUT2D eigenvalue weighted by molar-refractivity contribution is -0.161. The van der Waals surface area contributed by atoms with Crippen molar-refractivity contribution < 1.29 is 14.6 Å². The van der Waals surface area contributed by atoms with E-state index in [9.17, 15) is 4.79 Å². The third-order valence-electron chi connectivity index (χ3n) is 3.60. The van der Waals surface area contributed by atoms with Crippen LogP contribution < -0.4 is 0 Å². The highest BCUT2D eigenvalue weighted by atomic mass is 16.5. The van der Waals surface area contributed by atoms with Gasteiger partial charge in [0.25, 0.3) is 0 Å². The third kappa shape index (κ3) is 12.4. The largest absolute Gasteiger partial charge is 0.479 e. The Kier molecular flexibility index (Phi) is 12.1. The first-order chi connectivity index (χ1) is 10.0. The molecule has 0 radical (unpaired) electrons. The third-order valence-corrected chi connectivity index (χ3v) is 3.60. The van der Waals surface area contributed by atoms with Gasteiger partial charge in [-0.05, 0) is 33.6 Å². The van der Waals surface area contributed by atoms with Gasteiger partial charge in [0, 0.05) is 13.0 Å². The topological polar surface area (TPSA) is 46.5 Å². The molecule has 0 fully saturated rings. The Labute approximate surface area is 130 Å². The zero-order chi connectivity index (χ0) is 16.0. The maximum absolute atomic E-state index is 10.8. The fourth-order valence-corrected chi connectivity index (χ4v) is 2.07. The van der Waals surface area contributed by atoms with E-state index < -0.39 is 11.6 Å². The second kappa shape index (κ2) is 12.7. The summed E-state index contributed by atoms with van der Waals surface area (Å²) in [6, 6.07) is 0. The van der Waals surface area contributed by atoms with E-state index in [1.165, 1.54) is 44.9 Å². The molecule has 0 unspecified atom stereocenters. The number of hydrogen-bond donors (Lipinski definition) is 1. The first-order valence-corrected chi connectivity index (χ1v) is 8.27. The van der Waals surface area contributed by atoms with Crippen molar-refractivity contribution in [3.05, 3.63) is 0 Å². The maximum Gasteiger partial charge on any atom is 0.335 e. The van der Waals surface area contributed by atoms with Gasteiger partial charge in [-0.25, -0.2) is 4.79 Å². The molecule has 0 amide bonds. The van der Waals surface area contributed by atoms with Crippen molar-refractivity contribution in [1.29, 1.82) is 0 Å². The number of hydrogen-bond acceptors (Lipinski definition) is 2. The van der Waals surface area contributed by atoms with Crippen molar-refractivity contribution >= 4 is 5.97 Å². The van der Waals surface area contributed by atoms with Gasteiger partial charge in [-0.15, -0.1) is 11.8 Å². The Balaban J connectivity index is 3.22. The van der Waals surface area contributed by atoms with Crippen molar-refractivity contribution in [2.24, 2.45) is 0 Å². The fraction of sp³-hybridized carbons (Fsp3) is 0.833. The highest BCUT2D eigenvalue weighted by Crippen LogP contribution is 2.13. The molecule has 1 N–H and O–H groups in total. The molecular weight excluding hydrogens is 264 g/mol. The number of carbonyl (C=O) groups is 1. The minimum atomic E-state index is -1.05. The molecule has 0 atom stereocenters. The predicted octanol–water partition coefficient (Wildman–Crippen LogP) is 4.79. The van der Waals surface area contributed by atoms with Crippen LogP contribution in [-0.4, -0.2) is 23.3 Å². The van der Waals surface area contributed by atoms with Gasteiger partial charge >= 0.3 is 5.97 Å². The molecule has 21 heavy (non-hydrogen) atoms. The molecule has 0 bridgehead atoms. The number of ether oxygens (including phenoxy) is 1. The zero-order valence-electron chi connectivity index (χ0n) is 14.0. The first kappa shape index (κ1) is 20.0. The number of aliphatic carboxylic acids is 1. The average molecular weight is 296 g/mol. The fourth-order valence-electron chi connectivity index (χ4n) is 2.07. The van der Waals surface area contributed by atoms with Gasteiger partial charge in [0.1, 0.15) is 0 Å². The molecule has 0 aliphatic carbocycles. The SMILES string of the molecule is CC#CCCCCCCCCCCCOC(C)(C)C(=O)O. The van der Waals surface area contributed by atoms with Crippen molar-refractivity contribution in [2.75, 3.05) is 6.61 Å². The number of rotatable bonds is 13. The normalized spacial score (nSPS) is 11.0. The molecule has 0 rings (SSSR count). The molecule has 0 aromatic heterocycles. The molecule has 0 saturated carbocycles. The Bertz CT molecular complexity index is 323. The average Bonchev–Trinajstić information content (AvgIpc) is 2.43. The van der Waals surface area contributed by atoms with Gasteiger partial charge in [0.15, 0.2) is 5.60 Å². The van der Waals surface area contributed by atoms with Gasteiger partial charge in [-0.2, -0.15) is 0 Å². The van der Waals surface area contributed by atoms with E-state index in [4.69, 9.17) is 9.84 Å². The lowest BCUT2D eigenvalue weighted by Gasteiger charge is -2.19. The van der Waals surface area contributed by atoms with E-state index in [0.717, 1.165) is 19.3 Å². The summed E-state index contributed by atoms with van der Waals surface area (Å²) in [6.45, 7) is 5.63. The van der Waals surface area contributed by atoms with Gasteiger partial charge in [-0.1, -0.05) is 44.9 Å². The lowest BCUT2D eigenvalue weighted by atomic mass is 10.1. The lowest BCUT2D eigenvalue weighted by Crippen LogP contribution is -2.35. The summed E-state index contributed by atoms with van der Waals surface area (Å²) in [7, 11) is 0. The first-order valence-electron chi connectivity index (χ1n) is 8.27. The maximum atomic E-state index is 10.8. The van der Waals surface area contributed by atoms with Gasteiger partial charge in [-0.3, -0.25) is 0 Å². The van der Waals surface area contributed by atoms with Crippen LogP contribution in [0.2, 0.25) is 0 Å². The molecular formula is C18H32O3. The summed E-state index contributed by atoms with van der Waals surface area (Å²) in [6.07, 6.45) is 12.1. The Morgan fingerprint density at radius 1 is 0.952 bits per heavy atom. The highest BCUT2D eigenvalue weighted by Gasteiger charge is 2.27. The van der Waals surface area contributed by atoms with Crippen molar-refractivity contribution in [3.63, 3.8) is 0 Å². The number of carboxylic acids is 1. The van der Waals surface area contributed by atoms with Crippen LogP contribution in [0.15, 0.2) is 0 Å². The monoisotopic (exact) mass is 296 g/mol. The van der Waals surface area contributed by atoms with Crippen LogP contribution >= 0.6 is 0 Å². The molecule has 0 aliphatic heterocycles. The van der Waals surface area contributed by atoms with E-state index in [2.05, 4.69) is 11.8 Å². The molecule has 3 heteroatoms. The summed E-state index contributed by atoms with van der Waals surface area (Å²) in [5.74, 6) is 5.13. The molecule has 0 aliphatic rings. The van der Waals surface area contributed by atoms with Crippen molar-refractivity contribution in [2.45, 2.75) is 90.6 Å². The van der Waals surface area contributed by atoms with Gasteiger partial charge < -0.3 is 9.84 Å². The second-order valence-corrected chi connectivity index (χ2v) is 6.02. The molecule has 0 spiro atoms. The van der Waals surface area contributed by atoms with E-state index in [1.807, 2.05) is 6.92 Å². The molecule has 0 aromatic rings. The molecule has 122 valence electrons. The van der Waals surface area contributed by atoms with E-state index in [1.54, 1.807) is 13.8 Å². The van der Waals surface area contributed by atoms with Crippen LogP contribution in [0.4, 0.5) is 0 Å². The number of carboxylic acid groups (broad SMARTS) is 1.